The Kier molecular flexibility index (Phi) is 6.58. The van der Waals surface area contributed by atoms with Crippen LogP contribution in [0.25, 0.3) is 11.0 Å². The summed E-state index contributed by atoms with van der Waals surface area (Å²) in [7, 11) is -0.644. The number of hydrogen-bond donors (Lipinski definition) is 3. The maximum atomic E-state index is 12.5. The number of carbonyl (C=O) groups excluding carboxylic acids is 1. The molecule has 2 aromatic carbocycles. The highest BCUT2D eigenvalue weighted by Gasteiger charge is 2.17. The van der Waals surface area contributed by atoms with E-state index in [1.807, 2.05) is 19.9 Å². The molecule has 11 heteroatoms. The van der Waals surface area contributed by atoms with Gasteiger partial charge < -0.3 is 9.88 Å². The van der Waals surface area contributed by atoms with Crippen LogP contribution in [0.15, 0.2) is 47.4 Å². The molecule has 3 aromatic rings. The van der Waals surface area contributed by atoms with E-state index in [0.717, 1.165) is 27.7 Å². The zero-order valence-corrected chi connectivity index (χ0v) is 19.3. The van der Waals surface area contributed by atoms with Crippen molar-refractivity contribution >= 4 is 50.0 Å². The van der Waals surface area contributed by atoms with Crippen LogP contribution < -0.4 is 16.2 Å². The fourth-order valence-electron chi connectivity index (χ4n) is 3.08. The molecule has 0 radical (unpaired) electrons. The highest BCUT2D eigenvalue weighted by atomic mass is 32.2. The van der Waals surface area contributed by atoms with E-state index >= 15 is 0 Å². The van der Waals surface area contributed by atoms with Gasteiger partial charge in [0.15, 0.2) is 5.11 Å². The Balaban J connectivity index is 1.65. The van der Waals surface area contributed by atoms with Crippen molar-refractivity contribution in [3.63, 3.8) is 0 Å². The maximum Gasteiger partial charge on any atom is 0.269 e. The Morgan fingerprint density at radius 1 is 1.16 bits per heavy atom. The van der Waals surface area contributed by atoms with Crippen LogP contribution in [0.4, 0.5) is 5.69 Å². The van der Waals surface area contributed by atoms with Crippen LogP contribution in [0.1, 0.15) is 23.1 Å². The molecule has 1 aromatic heterocycles. The minimum absolute atomic E-state index is 0.111. The number of sulfonamides is 1. The molecule has 3 N–H and O–H groups in total. The molecule has 0 unspecified atom stereocenters. The molecule has 0 saturated heterocycles. The molecule has 0 aliphatic heterocycles. The fourth-order valence-corrected chi connectivity index (χ4v) is 4.20. The van der Waals surface area contributed by atoms with Gasteiger partial charge in [-0.1, -0.05) is 6.07 Å². The second kappa shape index (κ2) is 9.00. The molecular weight excluding hydrogens is 436 g/mol. The van der Waals surface area contributed by atoms with Crippen molar-refractivity contribution in [2.75, 3.05) is 19.4 Å². The van der Waals surface area contributed by atoms with E-state index in [9.17, 15) is 13.2 Å². The lowest BCUT2D eigenvalue weighted by atomic mass is 10.2. The average molecular weight is 461 g/mol. The molecule has 0 aliphatic rings. The number of carbonyl (C=O) groups is 1. The fraction of sp³-hybridized carbons (Fsp3) is 0.250. The van der Waals surface area contributed by atoms with Crippen LogP contribution >= 0.6 is 12.2 Å². The van der Waals surface area contributed by atoms with Crippen molar-refractivity contribution in [3.05, 3.63) is 53.9 Å². The van der Waals surface area contributed by atoms with Gasteiger partial charge in [-0.15, -0.1) is 0 Å². The number of nitrogens with one attached hydrogen (secondary N) is 3. The van der Waals surface area contributed by atoms with Gasteiger partial charge >= 0.3 is 0 Å². The van der Waals surface area contributed by atoms with Gasteiger partial charge in [0.1, 0.15) is 5.82 Å². The second-order valence-corrected chi connectivity index (χ2v) is 9.52. The Hall–Kier alpha value is -3.02. The zero-order valence-electron chi connectivity index (χ0n) is 17.6. The molecule has 0 atom stereocenters. The van der Waals surface area contributed by atoms with E-state index in [1.54, 1.807) is 24.3 Å². The SMILES string of the molecule is CCn1c(C)nc2cc(C(=O)NNC(=S)Nc3cccc(S(=O)(=O)N(C)C)c3)ccc21. The van der Waals surface area contributed by atoms with E-state index in [-0.39, 0.29) is 15.9 Å². The first kappa shape index (κ1) is 22.7. The number of aryl methyl sites for hydroxylation is 2. The van der Waals surface area contributed by atoms with Crippen molar-refractivity contribution < 1.29 is 13.2 Å². The largest absolute Gasteiger partial charge is 0.331 e. The first-order valence-electron chi connectivity index (χ1n) is 9.50. The smallest absolute Gasteiger partial charge is 0.269 e. The minimum atomic E-state index is -3.57. The Morgan fingerprint density at radius 2 is 1.90 bits per heavy atom. The van der Waals surface area contributed by atoms with E-state index in [4.69, 9.17) is 12.2 Å². The van der Waals surface area contributed by atoms with Gasteiger partial charge in [-0.3, -0.25) is 15.6 Å². The quantitative estimate of drug-likeness (QED) is 0.396. The molecule has 3 rings (SSSR count). The molecule has 0 aliphatic carbocycles. The molecule has 164 valence electrons. The van der Waals surface area contributed by atoms with Crippen LogP contribution in [-0.4, -0.2) is 47.4 Å². The van der Waals surface area contributed by atoms with E-state index in [0.29, 0.717) is 11.3 Å². The van der Waals surface area contributed by atoms with Crippen molar-refractivity contribution in [2.24, 2.45) is 0 Å². The Bertz CT molecular complexity index is 1250. The van der Waals surface area contributed by atoms with Gasteiger partial charge in [-0.2, -0.15) is 0 Å². The monoisotopic (exact) mass is 460 g/mol. The van der Waals surface area contributed by atoms with Gasteiger partial charge in [0.25, 0.3) is 5.91 Å². The molecule has 0 spiro atoms. The van der Waals surface area contributed by atoms with Crippen LogP contribution in [-0.2, 0) is 16.6 Å². The molecule has 0 fully saturated rings. The molecule has 0 saturated carbocycles. The van der Waals surface area contributed by atoms with E-state index in [1.165, 1.54) is 26.2 Å². The number of thiocarbonyl (C=S) groups is 1. The standard InChI is InChI=1S/C20H24N6O3S2/c1-5-26-13(2)21-17-11-14(9-10-18(17)26)19(27)23-24-20(30)22-15-7-6-8-16(12-15)31(28,29)25(3)4/h6-12H,5H2,1-4H3,(H,23,27)(H2,22,24,30). The van der Waals surface area contributed by atoms with Gasteiger partial charge in [0, 0.05) is 31.9 Å². The van der Waals surface area contributed by atoms with Crippen LogP contribution in [0.5, 0.6) is 0 Å². The summed E-state index contributed by atoms with van der Waals surface area (Å²) in [6.07, 6.45) is 0. The summed E-state index contributed by atoms with van der Waals surface area (Å²) in [5.41, 5.74) is 7.76. The van der Waals surface area contributed by atoms with Gasteiger partial charge in [0.2, 0.25) is 10.0 Å². The highest BCUT2D eigenvalue weighted by molar-refractivity contribution is 7.89. The lowest BCUT2D eigenvalue weighted by Gasteiger charge is -2.14. The molecule has 1 heterocycles. The van der Waals surface area contributed by atoms with E-state index in [2.05, 4.69) is 25.7 Å². The average Bonchev–Trinajstić information content (AvgIpc) is 3.06. The minimum Gasteiger partial charge on any atom is -0.331 e. The summed E-state index contributed by atoms with van der Waals surface area (Å²) in [5.74, 6) is 0.510. The molecule has 31 heavy (non-hydrogen) atoms. The predicted octanol–water partition coefficient (Wildman–Crippen LogP) is 2.25. The van der Waals surface area contributed by atoms with Gasteiger partial charge in [-0.25, -0.2) is 17.7 Å². The summed E-state index contributed by atoms with van der Waals surface area (Å²) >= 11 is 5.19. The van der Waals surface area contributed by atoms with Crippen LogP contribution in [0.2, 0.25) is 0 Å². The summed E-state index contributed by atoms with van der Waals surface area (Å²) in [4.78, 5) is 17.1. The lowest BCUT2D eigenvalue weighted by Crippen LogP contribution is -2.43. The maximum absolute atomic E-state index is 12.5. The predicted molar refractivity (Wildman–Crippen MR) is 124 cm³/mol. The van der Waals surface area contributed by atoms with Crippen molar-refractivity contribution in [3.8, 4) is 0 Å². The number of anilines is 1. The number of hydrogen-bond acceptors (Lipinski definition) is 5. The number of fused-ring (bicyclic) bond motifs is 1. The number of nitrogens with zero attached hydrogens (tertiary/aromatic N) is 3. The second-order valence-electron chi connectivity index (χ2n) is 6.96. The number of imidazole rings is 1. The van der Waals surface area contributed by atoms with Crippen molar-refractivity contribution in [1.29, 1.82) is 0 Å². The third-order valence-electron chi connectivity index (χ3n) is 4.68. The van der Waals surface area contributed by atoms with Gasteiger partial charge in [0.05, 0.1) is 15.9 Å². The van der Waals surface area contributed by atoms with Crippen molar-refractivity contribution in [2.45, 2.75) is 25.3 Å². The first-order chi connectivity index (χ1) is 14.6. The van der Waals surface area contributed by atoms with Crippen molar-refractivity contribution in [1.82, 2.24) is 24.7 Å². The van der Waals surface area contributed by atoms with Gasteiger partial charge in [-0.05, 0) is 62.5 Å². The zero-order chi connectivity index (χ0) is 22.8. The topological polar surface area (TPSA) is 108 Å². The number of rotatable bonds is 5. The van der Waals surface area contributed by atoms with E-state index < -0.39 is 10.0 Å². The normalized spacial score (nSPS) is 11.5. The molecule has 1 amide bonds. The Labute approximate surface area is 186 Å². The van der Waals surface area contributed by atoms with Crippen LogP contribution in [0, 0.1) is 6.92 Å². The third kappa shape index (κ3) is 4.84. The number of amides is 1. The third-order valence-corrected chi connectivity index (χ3v) is 6.69. The summed E-state index contributed by atoms with van der Waals surface area (Å²) in [5, 5.41) is 2.97. The van der Waals surface area contributed by atoms with Crippen LogP contribution in [0.3, 0.4) is 0 Å². The number of aromatic nitrogens is 2. The first-order valence-corrected chi connectivity index (χ1v) is 11.3. The molecular formula is C20H24N6O3S2. The molecule has 0 bridgehead atoms. The summed E-state index contributed by atoms with van der Waals surface area (Å²) in [6.45, 7) is 4.76. The molecule has 9 nitrogen and oxygen atoms in total. The lowest BCUT2D eigenvalue weighted by molar-refractivity contribution is 0.0944. The summed E-state index contributed by atoms with van der Waals surface area (Å²) < 4.78 is 27.7. The Morgan fingerprint density at radius 3 is 2.58 bits per heavy atom. The number of benzene rings is 2. The highest BCUT2D eigenvalue weighted by Crippen LogP contribution is 2.19. The summed E-state index contributed by atoms with van der Waals surface area (Å²) in [6, 6.07) is 11.5. The number of hydrazine groups is 1.